The summed E-state index contributed by atoms with van der Waals surface area (Å²) in [5, 5.41) is 16.4. The molecule has 33 heavy (non-hydrogen) atoms. The van der Waals surface area contributed by atoms with E-state index >= 15 is 0 Å². The molecule has 2 aromatic rings. The van der Waals surface area contributed by atoms with Crippen LogP contribution in [0.15, 0.2) is 18.3 Å². The minimum Gasteiger partial charge on any atom is -0.489 e. The Labute approximate surface area is 188 Å². The number of hydrogen-bond acceptors (Lipinski definition) is 8. The molecule has 1 atom stereocenters. The minimum atomic E-state index is -4.49. The smallest absolute Gasteiger partial charge is 0.433 e. The zero-order valence-electron chi connectivity index (χ0n) is 18.6. The van der Waals surface area contributed by atoms with E-state index in [1.807, 2.05) is 0 Å². The molecular weight excluding hydrogens is 441 g/mol. The highest BCUT2D eigenvalue weighted by atomic mass is 19.4. The minimum absolute atomic E-state index is 0.0171. The van der Waals surface area contributed by atoms with E-state index in [1.165, 1.54) is 6.07 Å². The molecule has 1 aliphatic carbocycles. The van der Waals surface area contributed by atoms with Gasteiger partial charge in [0.2, 0.25) is 11.9 Å². The van der Waals surface area contributed by atoms with Gasteiger partial charge in [0.1, 0.15) is 29.3 Å². The standard InChI is InChI=1S/C21H25F3N6O3/c1-10-15-17(30(4)16(18(31)28-15)20(2,3)32)29-19(26-10)27-11-7-13(8-11)33-12-5-6-14(25-9-12)21(22,23)24/h5-6,9,11,13,16,32H,7-8H2,1-4H3,(H,28,31)(H,26,27,29)/t11-,13-,16?. The summed E-state index contributed by atoms with van der Waals surface area (Å²) in [6.45, 7) is 4.88. The topological polar surface area (TPSA) is 112 Å². The first-order chi connectivity index (χ1) is 15.3. The number of likely N-dealkylation sites (N-methyl/N-ethyl adjacent to an activating group) is 1. The molecule has 1 amide bonds. The third-order valence-electron chi connectivity index (χ3n) is 5.72. The van der Waals surface area contributed by atoms with Crippen molar-refractivity contribution >= 4 is 23.4 Å². The predicted molar refractivity (Wildman–Crippen MR) is 114 cm³/mol. The van der Waals surface area contributed by atoms with Gasteiger partial charge in [-0.1, -0.05) is 0 Å². The number of anilines is 3. The zero-order valence-corrected chi connectivity index (χ0v) is 18.6. The number of hydrogen-bond donors (Lipinski definition) is 3. The van der Waals surface area contributed by atoms with Gasteiger partial charge < -0.3 is 25.4 Å². The van der Waals surface area contributed by atoms with Crippen LogP contribution in [0.3, 0.4) is 0 Å². The molecule has 9 nitrogen and oxygen atoms in total. The number of nitrogens with zero attached hydrogens (tertiary/aromatic N) is 4. The highest BCUT2D eigenvalue weighted by Crippen LogP contribution is 2.36. The average molecular weight is 466 g/mol. The quantitative estimate of drug-likeness (QED) is 0.617. The van der Waals surface area contributed by atoms with Gasteiger partial charge in [-0.05, 0) is 32.9 Å². The maximum Gasteiger partial charge on any atom is 0.433 e. The largest absolute Gasteiger partial charge is 0.489 e. The van der Waals surface area contributed by atoms with E-state index < -0.39 is 23.5 Å². The molecule has 1 fully saturated rings. The van der Waals surface area contributed by atoms with Crippen LogP contribution in [0.25, 0.3) is 0 Å². The van der Waals surface area contributed by atoms with E-state index in [2.05, 4.69) is 25.6 Å². The molecule has 2 aliphatic rings. The maximum absolute atomic E-state index is 12.6. The number of carbonyl (C=O) groups excluding carboxylic acids is 1. The summed E-state index contributed by atoms with van der Waals surface area (Å²) in [6, 6.07) is 1.36. The second kappa shape index (κ2) is 8.01. The number of amides is 1. The monoisotopic (exact) mass is 466 g/mol. The fourth-order valence-corrected chi connectivity index (χ4v) is 4.08. The van der Waals surface area contributed by atoms with Gasteiger partial charge in [-0.25, -0.2) is 9.97 Å². The Bertz CT molecular complexity index is 1050. The number of pyridine rings is 1. The van der Waals surface area contributed by atoms with Crippen molar-refractivity contribution in [2.45, 2.75) is 63.6 Å². The summed E-state index contributed by atoms with van der Waals surface area (Å²) < 4.78 is 43.5. The van der Waals surface area contributed by atoms with E-state index in [0.717, 1.165) is 12.3 Å². The van der Waals surface area contributed by atoms with Gasteiger partial charge in [0.05, 0.1) is 17.5 Å². The van der Waals surface area contributed by atoms with E-state index in [0.29, 0.717) is 36.0 Å². The van der Waals surface area contributed by atoms with E-state index in [4.69, 9.17) is 4.74 Å². The number of aromatic nitrogens is 3. The fraction of sp³-hybridized carbons (Fsp3) is 0.524. The summed E-state index contributed by atoms with van der Waals surface area (Å²) in [7, 11) is 1.70. The van der Waals surface area contributed by atoms with Crippen molar-refractivity contribution in [3.8, 4) is 5.75 Å². The van der Waals surface area contributed by atoms with Crippen LogP contribution >= 0.6 is 0 Å². The molecule has 0 saturated heterocycles. The lowest BCUT2D eigenvalue weighted by Gasteiger charge is -2.41. The Kier molecular flexibility index (Phi) is 5.59. The van der Waals surface area contributed by atoms with Crippen molar-refractivity contribution in [3.63, 3.8) is 0 Å². The normalized spacial score (nSPS) is 22.8. The number of ether oxygens (including phenoxy) is 1. The number of carbonyl (C=O) groups is 1. The van der Waals surface area contributed by atoms with Gasteiger partial charge in [0.25, 0.3) is 0 Å². The molecule has 0 aromatic carbocycles. The molecule has 178 valence electrons. The molecule has 0 radical (unpaired) electrons. The fourth-order valence-electron chi connectivity index (χ4n) is 4.08. The van der Waals surface area contributed by atoms with Gasteiger partial charge in [0, 0.05) is 25.9 Å². The van der Waals surface area contributed by atoms with Crippen molar-refractivity contribution < 1.29 is 27.8 Å². The predicted octanol–water partition coefficient (Wildman–Crippen LogP) is 2.75. The Hall–Kier alpha value is -3.15. The molecule has 1 aliphatic heterocycles. The maximum atomic E-state index is 12.6. The highest BCUT2D eigenvalue weighted by Gasteiger charge is 2.42. The summed E-state index contributed by atoms with van der Waals surface area (Å²) in [5.74, 6) is 0.826. The SMILES string of the molecule is Cc1nc(N[C@H]2C[C@H](Oc3ccc(C(F)(F)F)nc3)C2)nc2c1NC(=O)C(C(C)(C)O)N2C. The lowest BCUT2D eigenvalue weighted by molar-refractivity contribution is -0.141. The van der Waals surface area contributed by atoms with E-state index in [9.17, 15) is 23.1 Å². The molecule has 1 saturated carbocycles. The number of nitrogens with one attached hydrogen (secondary N) is 2. The third-order valence-corrected chi connectivity index (χ3v) is 5.72. The van der Waals surface area contributed by atoms with Crippen LogP contribution in [-0.2, 0) is 11.0 Å². The molecule has 3 heterocycles. The number of alkyl halides is 3. The number of aliphatic hydroxyl groups is 1. The molecule has 1 unspecified atom stereocenters. The van der Waals surface area contributed by atoms with Gasteiger partial charge in [-0.3, -0.25) is 4.79 Å². The van der Waals surface area contributed by atoms with Gasteiger partial charge >= 0.3 is 6.18 Å². The second-order valence-electron chi connectivity index (χ2n) is 8.92. The number of fused-ring (bicyclic) bond motifs is 1. The third kappa shape index (κ3) is 4.65. The molecule has 0 bridgehead atoms. The average Bonchev–Trinajstić information content (AvgIpc) is 2.66. The van der Waals surface area contributed by atoms with E-state index in [1.54, 1.807) is 32.7 Å². The number of halogens is 3. The first-order valence-corrected chi connectivity index (χ1v) is 10.4. The van der Waals surface area contributed by atoms with Crippen LogP contribution in [-0.4, -0.2) is 56.8 Å². The Morgan fingerprint density at radius 3 is 2.52 bits per heavy atom. The summed E-state index contributed by atoms with van der Waals surface area (Å²) in [6.07, 6.45) is -2.36. The lowest BCUT2D eigenvalue weighted by Crippen LogP contribution is -2.57. The number of aryl methyl sites for hydroxylation is 1. The zero-order chi connectivity index (χ0) is 24.1. The summed E-state index contributed by atoms with van der Waals surface area (Å²) >= 11 is 0. The Morgan fingerprint density at radius 1 is 1.24 bits per heavy atom. The Morgan fingerprint density at radius 2 is 1.94 bits per heavy atom. The number of rotatable bonds is 5. The van der Waals surface area contributed by atoms with Crippen molar-refractivity contribution in [1.29, 1.82) is 0 Å². The highest BCUT2D eigenvalue weighted by molar-refractivity contribution is 6.04. The second-order valence-corrected chi connectivity index (χ2v) is 8.92. The summed E-state index contributed by atoms with van der Waals surface area (Å²) in [5.41, 5.74) is -1.16. The molecule has 2 aromatic heterocycles. The molecule has 0 spiro atoms. The van der Waals surface area contributed by atoms with Crippen LogP contribution in [0.4, 0.5) is 30.6 Å². The Balaban J connectivity index is 1.39. The molecule has 12 heteroatoms. The van der Waals surface area contributed by atoms with Crippen molar-refractivity contribution in [1.82, 2.24) is 15.0 Å². The molecular formula is C21H25F3N6O3. The first-order valence-electron chi connectivity index (χ1n) is 10.4. The van der Waals surface area contributed by atoms with Crippen LogP contribution in [0.2, 0.25) is 0 Å². The van der Waals surface area contributed by atoms with Crippen molar-refractivity contribution in [2.24, 2.45) is 0 Å². The molecule has 3 N–H and O–H groups in total. The van der Waals surface area contributed by atoms with Crippen molar-refractivity contribution in [2.75, 3.05) is 22.6 Å². The van der Waals surface area contributed by atoms with Crippen LogP contribution in [0, 0.1) is 6.92 Å². The summed E-state index contributed by atoms with van der Waals surface area (Å²) in [4.78, 5) is 26.5. The van der Waals surface area contributed by atoms with Gasteiger partial charge in [-0.2, -0.15) is 18.2 Å². The van der Waals surface area contributed by atoms with Gasteiger partial charge in [0.15, 0.2) is 5.82 Å². The van der Waals surface area contributed by atoms with Crippen LogP contribution in [0.1, 0.15) is 38.1 Å². The van der Waals surface area contributed by atoms with Crippen molar-refractivity contribution in [3.05, 3.63) is 29.7 Å². The van der Waals surface area contributed by atoms with Crippen LogP contribution < -0.4 is 20.3 Å². The van der Waals surface area contributed by atoms with Gasteiger partial charge in [-0.15, -0.1) is 0 Å². The van der Waals surface area contributed by atoms with Crippen LogP contribution in [0.5, 0.6) is 5.75 Å². The van der Waals surface area contributed by atoms with E-state index in [-0.39, 0.29) is 23.8 Å². The first kappa shape index (κ1) is 23.0. The molecule has 4 rings (SSSR count). The lowest BCUT2D eigenvalue weighted by atomic mass is 9.89.